The molecule has 1 heteroatoms. The first-order valence-corrected chi connectivity index (χ1v) is 9.08. The summed E-state index contributed by atoms with van der Waals surface area (Å²) in [7, 11) is 0. The monoisotopic (exact) mass is 292 g/mol. The molecule has 0 saturated heterocycles. The van der Waals surface area contributed by atoms with Gasteiger partial charge in [-0.25, -0.2) is 0 Å². The summed E-state index contributed by atoms with van der Waals surface area (Å²) in [5.41, 5.74) is 2.44. The standard InChI is InChI=1S/C20H36O/c1-15(11-14-21)7-9-17-16(2)8-10-18-19(3,4)12-6-13-20(17,18)5/h11,16-18,21H,6-10,12-14H2,1-5H3. The lowest BCUT2D eigenvalue weighted by atomic mass is 9.46. The molecule has 4 atom stereocenters. The highest BCUT2D eigenvalue weighted by atomic mass is 16.2. The lowest BCUT2D eigenvalue weighted by Gasteiger charge is -2.59. The Labute approximate surface area is 132 Å². The van der Waals surface area contributed by atoms with Gasteiger partial charge in [0.05, 0.1) is 6.61 Å². The molecule has 1 N–H and O–H groups in total. The number of allylic oxidation sites excluding steroid dienone is 1. The van der Waals surface area contributed by atoms with E-state index in [1.807, 2.05) is 6.08 Å². The first-order valence-electron chi connectivity index (χ1n) is 9.08. The van der Waals surface area contributed by atoms with Crippen LogP contribution in [0.25, 0.3) is 0 Å². The molecule has 0 spiro atoms. The van der Waals surface area contributed by atoms with Crippen LogP contribution in [0.4, 0.5) is 0 Å². The summed E-state index contributed by atoms with van der Waals surface area (Å²) in [5.74, 6) is 2.63. The van der Waals surface area contributed by atoms with Crippen LogP contribution in [0.1, 0.15) is 79.6 Å². The van der Waals surface area contributed by atoms with Gasteiger partial charge < -0.3 is 5.11 Å². The number of fused-ring (bicyclic) bond motifs is 1. The molecule has 0 amide bonds. The molecule has 0 heterocycles. The quantitative estimate of drug-likeness (QED) is 0.670. The fourth-order valence-electron chi connectivity index (χ4n) is 5.87. The van der Waals surface area contributed by atoms with Crippen molar-refractivity contribution in [1.29, 1.82) is 0 Å². The predicted molar refractivity (Wildman–Crippen MR) is 91.2 cm³/mol. The fraction of sp³-hybridized carbons (Fsp3) is 0.900. The number of hydrogen-bond donors (Lipinski definition) is 1. The highest BCUT2D eigenvalue weighted by Gasteiger charge is 2.53. The molecule has 1 nitrogen and oxygen atoms in total. The average Bonchev–Trinajstić information content (AvgIpc) is 2.37. The third-order valence-corrected chi connectivity index (χ3v) is 7.01. The van der Waals surface area contributed by atoms with Crippen LogP contribution in [0.5, 0.6) is 0 Å². The van der Waals surface area contributed by atoms with Crippen molar-refractivity contribution >= 4 is 0 Å². The smallest absolute Gasteiger partial charge is 0.0614 e. The molecule has 0 aromatic rings. The molecule has 122 valence electrons. The molecule has 2 aliphatic rings. The van der Waals surface area contributed by atoms with E-state index in [0.29, 0.717) is 10.8 Å². The Bertz CT molecular complexity index is 381. The van der Waals surface area contributed by atoms with Crippen molar-refractivity contribution in [3.63, 3.8) is 0 Å². The molecule has 4 unspecified atom stereocenters. The normalized spacial score (nSPS) is 39.9. The maximum Gasteiger partial charge on any atom is 0.0614 e. The van der Waals surface area contributed by atoms with E-state index in [4.69, 9.17) is 5.11 Å². The molecule has 2 aliphatic carbocycles. The van der Waals surface area contributed by atoms with Crippen LogP contribution in [-0.4, -0.2) is 11.7 Å². The van der Waals surface area contributed by atoms with Crippen LogP contribution >= 0.6 is 0 Å². The minimum Gasteiger partial charge on any atom is -0.392 e. The third kappa shape index (κ3) is 3.38. The summed E-state index contributed by atoms with van der Waals surface area (Å²) in [6.07, 6.45) is 11.6. The van der Waals surface area contributed by atoms with Gasteiger partial charge in [-0.15, -0.1) is 0 Å². The SMILES string of the molecule is CC(=CCO)CCC1C(C)CCC2C(C)(C)CCCC12C. The zero-order valence-corrected chi connectivity index (χ0v) is 14.9. The molecule has 0 aromatic heterocycles. The molecule has 2 rings (SSSR count). The van der Waals surface area contributed by atoms with Crippen LogP contribution in [0.2, 0.25) is 0 Å². The molecule has 0 radical (unpaired) electrons. The Kier molecular flexibility index (Phi) is 5.23. The van der Waals surface area contributed by atoms with Crippen LogP contribution in [0.15, 0.2) is 11.6 Å². The van der Waals surface area contributed by atoms with Crippen molar-refractivity contribution in [1.82, 2.24) is 0 Å². The van der Waals surface area contributed by atoms with Crippen molar-refractivity contribution in [2.45, 2.75) is 79.6 Å². The van der Waals surface area contributed by atoms with Crippen molar-refractivity contribution in [2.75, 3.05) is 6.61 Å². The second kappa shape index (κ2) is 6.44. The first kappa shape index (κ1) is 17.1. The number of rotatable bonds is 4. The third-order valence-electron chi connectivity index (χ3n) is 7.01. The lowest BCUT2D eigenvalue weighted by molar-refractivity contribution is -0.0957. The molecule has 0 aromatic carbocycles. The van der Waals surface area contributed by atoms with Crippen LogP contribution in [-0.2, 0) is 0 Å². The molecule has 2 saturated carbocycles. The van der Waals surface area contributed by atoms with E-state index < -0.39 is 0 Å². The maximum atomic E-state index is 9.06. The second-order valence-electron chi connectivity index (χ2n) is 8.83. The second-order valence-corrected chi connectivity index (χ2v) is 8.83. The van der Waals surface area contributed by atoms with E-state index in [9.17, 15) is 0 Å². The number of aliphatic hydroxyl groups excluding tert-OH is 1. The summed E-state index contributed by atoms with van der Waals surface area (Å²) < 4.78 is 0. The van der Waals surface area contributed by atoms with E-state index in [0.717, 1.165) is 24.2 Å². The Morgan fingerprint density at radius 3 is 2.57 bits per heavy atom. The first-order chi connectivity index (χ1) is 9.81. The summed E-state index contributed by atoms with van der Waals surface area (Å²) in [4.78, 5) is 0. The highest BCUT2D eigenvalue weighted by Crippen LogP contribution is 2.62. The van der Waals surface area contributed by atoms with E-state index in [-0.39, 0.29) is 6.61 Å². The zero-order valence-electron chi connectivity index (χ0n) is 14.9. The van der Waals surface area contributed by atoms with Gasteiger partial charge in [-0.1, -0.05) is 52.2 Å². The van der Waals surface area contributed by atoms with Crippen LogP contribution in [0, 0.1) is 28.6 Å². The van der Waals surface area contributed by atoms with Gasteiger partial charge in [0.15, 0.2) is 0 Å². The number of aliphatic hydroxyl groups is 1. The van der Waals surface area contributed by atoms with Crippen LogP contribution in [0.3, 0.4) is 0 Å². The van der Waals surface area contributed by atoms with E-state index in [1.54, 1.807) is 0 Å². The van der Waals surface area contributed by atoms with E-state index >= 15 is 0 Å². The van der Waals surface area contributed by atoms with Gasteiger partial charge in [0, 0.05) is 0 Å². The molecule has 0 bridgehead atoms. The molecule has 2 fully saturated rings. The van der Waals surface area contributed by atoms with Gasteiger partial charge in [-0.3, -0.25) is 0 Å². The highest BCUT2D eigenvalue weighted by molar-refractivity contribution is 5.05. The fourth-order valence-corrected chi connectivity index (χ4v) is 5.87. The average molecular weight is 293 g/mol. The zero-order chi connectivity index (χ0) is 15.7. The van der Waals surface area contributed by atoms with Crippen molar-refractivity contribution in [3.8, 4) is 0 Å². The lowest BCUT2D eigenvalue weighted by Crippen LogP contribution is -2.51. The summed E-state index contributed by atoms with van der Waals surface area (Å²) in [6.45, 7) is 12.5. The van der Waals surface area contributed by atoms with Gasteiger partial charge in [0.1, 0.15) is 0 Å². The largest absolute Gasteiger partial charge is 0.392 e. The molecule has 21 heavy (non-hydrogen) atoms. The maximum absolute atomic E-state index is 9.06. The van der Waals surface area contributed by atoms with E-state index in [1.165, 1.54) is 44.1 Å². The Morgan fingerprint density at radius 2 is 1.90 bits per heavy atom. The molecule has 0 aliphatic heterocycles. The van der Waals surface area contributed by atoms with Crippen molar-refractivity contribution < 1.29 is 5.11 Å². The summed E-state index contributed by atoms with van der Waals surface area (Å²) >= 11 is 0. The van der Waals surface area contributed by atoms with Gasteiger partial charge >= 0.3 is 0 Å². The minimum absolute atomic E-state index is 0.193. The van der Waals surface area contributed by atoms with Crippen molar-refractivity contribution in [3.05, 3.63) is 11.6 Å². The van der Waals surface area contributed by atoms with Gasteiger partial charge in [0.25, 0.3) is 0 Å². The van der Waals surface area contributed by atoms with E-state index in [2.05, 4.69) is 34.6 Å². The van der Waals surface area contributed by atoms with Crippen molar-refractivity contribution in [2.24, 2.45) is 28.6 Å². The Morgan fingerprint density at radius 1 is 1.19 bits per heavy atom. The van der Waals surface area contributed by atoms with Gasteiger partial charge in [0.2, 0.25) is 0 Å². The number of hydrogen-bond acceptors (Lipinski definition) is 1. The Hall–Kier alpha value is -0.300. The van der Waals surface area contributed by atoms with Crippen LogP contribution < -0.4 is 0 Å². The summed E-state index contributed by atoms with van der Waals surface area (Å²) in [6, 6.07) is 0. The predicted octanol–water partition coefficient (Wildman–Crippen LogP) is 5.58. The molecular weight excluding hydrogens is 256 g/mol. The topological polar surface area (TPSA) is 20.2 Å². The van der Waals surface area contributed by atoms with Gasteiger partial charge in [-0.05, 0) is 67.6 Å². The Balaban J connectivity index is 2.15. The van der Waals surface area contributed by atoms with Gasteiger partial charge in [-0.2, -0.15) is 0 Å². The molecular formula is C20H36O. The summed E-state index contributed by atoms with van der Waals surface area (Å²) in [5, 5.41) is 9.06. The minimum atomic E-state index is 0.193.